The Morgan fingerprint density at radius 1 is 0.762 bits per heavy atom. The number of rotatable bonds is 12. The molecule has 0 unspecified atom stereocenters. The van der Waals surface area contributed by atoms with Gasteiger partial charge in [0.2, 0.25) is 0 Å². The number of hydrogen-bond donors (Lipinski definition) is 1. The van der Waals surface area contributed by atoms with Crippen molar-refractivity contribution in [1.29, 1.82) is 0 Å². The average molecular weight is 564 g/mol. The first-order valence-corrected chi connectivity index (χ1v) is 15.0. The van der Waals surface area contributed by atoms with Crippen LogP contribution >= 0.6 is 0 Å². The monoisotopic (exact) mass is 563 g/mol. The molecule has 4 nitrogen and oxygen atoms in total. The summed E-state index contributed by atoms with van der Waals surface area (Å²) in [4.78, 5) is 16.2. The standard InChI is InChI=1S/C38H45NO3/c1-7-34(36(40)31-17-10-8-11-18-31)38(41)42-37(32-19-12-9-13-20-32)30(6)39(24-33-21-15-14-16-27(33)3)25-35-28(4)22-26(2)23-29(35)5/h8-23,30,34,36-37,40H,7,24-25H2,1-6H3/t30-,34+,36+,37-/m0/s1. The molecule has 0 aliphatic heterocycles. The minimum atomic E-state index is -0.934. The van der Waals surface area contributed by atoms with Gasteiger partial charge in [-0.2, -0.15) is 0 Å². The van der Waals surface area contributed by atoms with Gasteiger partial charge in [0.05, 0.1) is 12.0 Å². The van der Waals surface area contributed by atoms with E-state index >= 15 is 0 Å². The molecule has 0 aliphatic rings. The minimum Gasteiger partial charge on any atom is -0.456 e. The highest BCUT2D eigenvalue weighted by atomic mass is 16.5. The predicted molar refractivity (Wildman–Crippen MR) is 171 cm³/mol. The van der Waals surface area contributed by atoms with E-state index in [1.165, 1.54) is 33.4 Å². The maximum atomic E-state index is 13.8. The molecular weight excluding hydrogens is 518 g/mol. The van der Waals surface area contributed by atoms with Gasteiger partial charge in [-0.3, -0.25) is 9.69 Å². The van der Waals surface area contributed by atoms with Gasteiger partial charge in [0.1, 0.15) is 6.10 Å². The summed E-state index contributed by atoms with van der Waals surface area (Å²) in [7, 11) is 0. The van der Waals surface area contributed by atoms with E-state index < -0.39 is 18.1 Å². The van der Waals surface area contributed by atoms with Crippen LogP contribution in [0.2, 0.25) is 0 Å². The van der Waals surface area contributed by atoms with Crippen LogP contribution < -0.4 is 0 Å². The van der Waals surface area contributed by atoms with E-state index in [0.717, 1.165) is 17.7 Å². The molecule has 4 aromatic carbocycles. The van der Waals surface area contributed by atoms with Gasteiger partial charge in [-0.05, 0) is 80.0 Å². The molecule has 4 aromatic rings. The van der Waals surface area contributed by atoms with E-state index in [9.17, 15) is 9.90 Å². The summed E-state index contributed by atoms with van der Waals surface area (Å²) in [5.41, 5.74) is 9.22. The van der Waals surface area contributed by atoms with Crippen molar-refractivity contribution in [3.05, 3.63) is 142 Å². The molecule has 4 atom stereocenters. The Morgan fingerprint density at radius 2 is 1.31 bits per heavy atom. The maximum Gasteiger partial charge on any atom is 0.312 e. The van der Waals surface area contributed by atoms with E-state index in [4.69, 9.17) is 4.74 Å². The van der Waals surface area contributed by atoms with Crippen LogP contribution in [0.3, 0.4) is 0 Å². The molecule has 220 valence electrons. The highest BCUT2D eigenvalue weighted by molar-refractivity contribution is 5.73. The molecule has 0 heterocycles. The van der Waals surface area contributed by atoms with Gasteiger partial charge in [-0.15, -0.1) is 0 Å². The summed E-state index contributed by atoms with van der Waals surface area (Å²) < 4.78 is 6.42. The molecule has 0 bridgehead atoms. The number of hydrogen-bond acceptors (Lipinski definition) is 4. The lowest BCUT2D eigenvalue weighted by Crippen LogP contribution is -2.40. The normalized spacial score (nSPS) is 14.3. The molecule has 0 saturated carbocycles. The third kappa shape index (κ3) is 7.56. The van der Waals surface area contributed by atoms with Crippen LogP contribution in [0.5, 0.6) is 0 Å². The first kappa shape index (κ1) is 31.2. The maximum absolute atomic E-state index is 13.8. The fraction of sp³-hybridized carbons (Fsp3) is 0.342. The molecule has 4 heteroatoms. The van der Waals surface area contributed by atoms with E-state index in [1.807, 2.05) is 67.6 Å². The zero-order valence-corrected chi connectivity index (χ0v) is 25.9. The first-order chi connectivity index (χ1) is 20.2. The smallest absolute Gasteiger partial charge is 0.312 e. The number of aliphatic hydroxyl groups is 1. The second kappa shape index (κ2) is 14.4. The summed E-state index contributed by atoms with van der Waals surface area (Å²) in [6, 6.07) is 32.2. The predicted octanol–water partition coefficient (Wildman–Crippen LogP) is 8.36. The topological polar surface area (TPSA) is 49.8 Å². The number of aryl methyl sites for hydroxylation is 4. The van der Waals surface area contributed by atoms with Crippen molar-refractivity contribution >= 4 is 5.97 Å². The lowest BCUT2D eigenvalue weighted by atomic mass is 9.93. The molecule has 0 spiro atoms. The van der Waals surface area contributed by atoms with Crippen LogP contribution in [0.15, 0.2) is 97.1 Å². The largest absolute Gasteiger partial charge is 0.456 e. The summed E-state index contributed by atoms with van der Waals surface area (Å²) in [6.45, 7) is 14.1. The molecule has 42 heavy (non-hydrogen) atoms. The Bertz CT molecular complexity index is 1430. The third-order valence-electron chi connectivity index (χ3n) is 8.49. The van der Waals surface area contributed by atoms with Crippen molar-refractivity contribution in [2.24, 2.45) is 5.92 Å². The quantitative estimate of drug-likeness (QED) is 0.176. The summed E-state index contributed by atoms with van der Waals surface area (Å²) in [5, 5.41) is 11.2. The molecule has 0 amide bonds. The van der Waals surface area contributed by atoms with Crippen LogP contribution in [-0.4, -0.2) is 22.0 Å². The lowest BCUT2D eigenvalue weighted by Gasteiger charge is -2.36. The van der Waals surface area contributed by atoms with Gasteiger partial charge in [0, 0.05) is 19.1 Å². The zero-order valence-electron chi connectivity index (χ0n) is 25.9. The highest BCUT2D eigenvalue weighted by Gasteiger charge is 2.34. The van der Waals surface area contributed by atoms with Crippen molar-refractivity contribution < 1.29 is 14.6 Å². The molecule has 0 aromatic heterocycles. The number of esters is 1. The number of benzene rings is 4. The van der Waals surface area contributed by atoms with Gasteiger partial charge in [0.25, 0.3) is 0 Å². The fourth-order valence-corrected chi connectivity index (χ4v) is 5.91. The molecule has 1 N–H and O–H groups in total. The Morgan fingerprint density at radius 3 is 1.88 bits per heavy atom. The Labute approximate surface area is 252 Å². The zero-order chi connectivity index (χ0) is 30.2. The highest BCUT2D eigenvalue weighted by Crippen LogP contribution is 2.33. The number of aliphatic hydroxyl groups excluding tert-OH is 1. The van der Waals surface area contributed by atoms with E-state index in [1.54, 1.807) is 0 Å². The second-order valence-electron chi connectivity index (χ2n) is 11.6. The van der Waals surface area contributed by atoms with Gasteiger partial charge < -0.3 is 9.84 Å². The van der Waals surface area contributed by atoms with Crippen LogP contribution in [-0.2, 0) is 22.6 Å². The summed E-state index contributed by atoms with van der Waals surface area (Å²) in [5.74, 6) is -1.05. The SMILES string of the molecule is CC[C@@H](C(=O)O[C@H](c1ccccc1)[C@H](C)N(Cc1ccccc1C)Cc1c(C)cc(C)cc1C)[C@H](O)c1ccccc1. The van der Waals surface area contributed by atoms with Crippen molar-refractivity contribution in [3.63, 3.8) is 0 Å². The van der Waals surface area contributed by atoms with Crippen LogP contribution in [0.25, 0.3) is 0 Å². The second-order valence-corrected chi connectivity index (χ2v) is 11.6. The molecule has 0 aliphatic carbocycles. The van der Waals surface area contributed by atoms with Crippen molar-refractivity contribution in [3.8, 4) is 0 Å². The molecule has 0 fully saturated rings. The molecule has 4 rings (SSSR count). The van der Waals surface area contributed by atoms with E-state index in [0.29, 0.717) is 13.0 Å². The molecule has 0 radical (unpaired) electrons. The first-order valence-electron chi connectivity index (χ1n) is 15.0. The van der Waals surface area contributed by atoms with Crippen LogP contribution in [0, 0.1) is 33.6 Å². The summed E-state index contributed by atoms with van der Waals surface area (Å²) >= 11 is 0. The number of carbonyl (C=O) groups excluding carboxylic acids is 1. The van der Waals surface area contributed by atoms with E-state index in [-0.39, 0.29) is 12.0 Å². The summed E-state index contributed by atoms with van der Waals surface area (Å²) in [6.07, 6.45) is -0.985. The third-order valence-corrected chi connectivity index (χ3v) is 8.49. The Hall–Kier alpha value is -3.73. The fourth-order valence-electron chi connectivity index (χ4n) is 5.91. The van der Waals surface area contributed by atoms with Crippen LogP contribution in [0.1, 0.15) is 77.0 Å². The minimum absolute atomic E-state index is 0.151. The van der Waals surface area contributed by atoms with Crippen LogP contribution in [0.4, 0.5) is 0 Å². The Balaban J connectivity index is 1.71. The van der Waals surface area contributed by atoms with E-state index in [2.05, 4.69) is 75.9 Å². The number of ether oxygens (including phenoxy) is 1. The molecule has 0 saturated heterocycles. The van der Waals surface area contributed by atoms with Crippen molar-refractivity contribution in [2.75, 3.05) is 0 Å². The van der Waals surface area contributed by atoms with Crippen molar-refractivity contribution in [2.45, 2.75) is 79.3 Å². The molecular formula is C38H45NO3. The number of carbonyl (C=O) groups is 1. The van der Waals surface area contributed by atoms with Crippen molar-refractivity contribution in [1.82, 2.24) is 4.90 Å². The lowest BCUT2D eigenvalue weighted by molar-refractivity contribution is -0.163. The van der Waals surface area contributed by atoms with Gasteiger partial charge in [-0.25, -0.2) is 0 Å². The van der Waals surface area contributed by atoms with Gasteiger partial charge in [-0.1, -0.05) is 110 Å². The van der Waals surface area contributed by atoms with Gasteiger partial charge in [0.15, 0.2) is 0 Å². The van der Waals surface area contributed by atoms with Gasteiger partial charge >= 0.3 is 5.97 Å². The average Bonchev–Trinajstić information content (AvgIpc) is 2.99. The number of nitrogens with zero attached hydrogens (tertiary/aromatic N) is 1. The Kier molecular flexibility index (Phi) is 10.7.